The molecular formula is C17H23Cl2N3. The van der Waals surface area contributed by atoms with Crippen molar-refractivity contribution >= 4 is 40.6 Å². The molecule has 2 aromatic rings. The zero-order valence-electron chi connectivity index (χ0n) is 13.2. The van der Waals surface area contributed by atoms with Gasteiger partial charge in [0, 0.05) is 42.9 Å². The lowest BCUT2D eigenvalue weighted by molar-refractivity contribution is 0.590. The van der Waals surface area contributed by atoms with Gasteiger partial charge in [-0.1, -0.05) is 31.0 Å². The Morgan fingerprint density at radius 1 is 1.27 bits per heavy atom. The molecule has 120 valence electrons. The topological polar surface area (TPSA) is 28.2 Å². The van der Waals surface area contributed by atoms with Gasteiger partial charge in [0.15, 0.2) is 0 Å². The van der Waals surface area contributed by atoms with Gasteiger partial charge in [-0.05, 0) is 31.0 Å². The van der Waals surface area contributed by atoms with E-state index >= 15 is 0 Å². The standard InChI is InChI=1S/C17H22ClN3.ClH/c1-3-4-13-11-15(21-9-7-19-8-10-21)16-14(18)6-5-12(2)17(16)20-13;/h5-6,11,19H,3-4,7-10H2,1-2H3;1H. The van der Waals surface area contributed by atoms with Crippen LogP contribution in [0.3, 0.4) is 0 Å². The number of piperazine rings is 1. The van der Waals surface area contributed by atoms with Crippen LogP contribution in [0.15, 0.2) is 18.2 Å². The van der Waals surface area contributed by atoms with E-state index in [1.54, 1.807) is 0 Å². The summed E-state index contributed by atoms with van der Waals surface area (Å²) in [7, 11) is 0. The Hall–Kier alpha value is -1.03. The number of aromatic nitrogens is 1. The first kappa shape index (κ1) is 17.3. The van der Waals surface area contributed by atoms with Crippen molar-refractivity contribution in [2.24, 2.45) is 0 Å². The van der Waals surface area contributed by atoms with Crippen molar-refractivity contribution in [3.05, 3.63) is 34.5 Å². The fraction of sp³-hybridized carbons (Fsp3) is 0.471. The van der Waals surface area contributed by atoms with Crippen molar-refractivity contribution in [3.63, 3.8) is 0 Å². The number of benzene rings is 1. The second-order valence-corrected chi connectivity index (χ2v) is 6.11. The van der Waals surface area contributed by atoms with Crippen molar-refractivity contribution in [3.8, 4) is 0 Å². The number of anilines is 1. The molecule has 0 amide bonds. The highest BCUT2D eigenvalue weighted by Gasteiger charge is 2.17. The smallest absolute Gasteiger partial charge is 0.0770 e. The van der Waals surface area contributed by atoms with Gasteiger partial charge in [-0.2, -0.15) is 0 Å². The van der Waals surface area contributed by atoms with E-state index in [4.69, 9.17) is 16.6 Å². The maximum Gasteiger partial charge on any atom is 0.0770 e. The van der Waals surface area contributed by atoms with Crippen LogP contribution in [-0.4, -0.2) is 31.2 Å². The molecule has 22 heavy (non-hydrogen) atoms. The maximum atomic E-state index is 6.50. The monoisotopic (exact) mass is 339 g/mol. The van der Waals surface area contributed by atoms with Crippen molar-refractivity contribution in [2.75, 3.05) is 31.1 Å². The minimum atomic E-state index is 0. The second kappa shape index (κ2) is 7.49. The molecule has 0 bridgehead atoms. The van der Waals surface area contributed by atoms with Gasteiger partial charge < -0.3 is 10.2 Å². The third-order valence-corrected chi connectivity index (χ3v) is 4.42. The Balaban J connectivity index is 0.00000176. The third kappa shape index (κ3) is 3.32. The summed E-state index contributed by atoms with van der Waals surface area (Å²) in [5.41, 5.74) is 4.67. The van der Waals surface area contributed by atoms with E-state index in [0.717, 1.165) is 54.9 Å². The minimum Gasteiger partial charge on any atom is -0.368 e. The van der Waals surface area contributed by atoms with E-state index < -0.39 is 0 Å². The Kier molecular flexibility index (Phi) is 5.90. The summed E-state index contributed by atoms with van der Waals surface area (Å²) in [6.07, 6.45) is 2.13. The summed E-state index contributed by atoms with van der Waals surface area (Å²) in [5.74, 6) is 0. The first-order valence-electron chi connectivity index (χ1n) is 7.75. The molecule has 1 N–H and O–H groups in total. The molecule has 0 radical (unpaired) electrons. The van der Waals surface area contributed by atoms with Crippen molar-refractivity contribution < 1.29 is 0 Å². The van der Waals surface area contributed by atoms with Crippen LogP contribution in [0, 0.1) is 6.92 Å². The van der Waals surface area contributed by atoms with Crippen molar-refractivity contribution in [1.82, 2.24) is 10.3 Å². The van der Waals surface area contributed by atoms with Crippen LogP contribution in [-0.2, 0) is 6.42 Å². The Bertz CT molecular complexity index is 652. The van der Waals surface area contributed by atoms with E-state index in [1.165, 1.54) is 16.9 Å². The fourth-order valence-corrected chi connectivity index (χ4v) is 3.25. The first-order valence-corrected chi connectivity index (χ1v) is 8.13. The fourth-order valence-electron chi connectivity index (χ4n) is 3.00. The van der Waals surface area contributed by atoms with E-state index in [1.807, 2.05) is 6.07 Å². The van der Waals surface area contributed by atoms with Crippen LogP contribution in [0.2, 0.25) is 5.02 Å². The molecule has 0 atom stereocenters. The molecule has 2 heterocycles. The molecule has 1 aromatic heterocycles. The van der Waals surface area contributed by atoms with E-state index in [2.05, 4.69) is 36.2 Å². The lowest BCUT2D eigenvalue weighted by Crippen LogP contribution is -2.43. The predicted molar refractivity (Wildman–Crippen MR) is 97.8 cm³/mol. The van der Waals surface area contributed by atoms with Crippen LogP contribution >= 0.6 is 24.0 Å². The predicted octanol–water partition coefficient (Wildman–Crippen LogP) is 3.98. The molecule has 0 unspecified atom stereocenters. The lowest BCUT2D eigenvalue weighted by Gasteiger charge is -2.31. The summed E-state index contributed by atoms with van der Waals surface area (Å²) >= 11 is 6.50. The lowest BCUT2D eigenvalue weighted by atomic mass is 10.1. The molecule has 1 saturated heterocycles. The Morgan fingerprint density at radius 3 is 2.68 bits per heavy atom. The number of halogens is 2. The number of nitrogens with one attached hydrogen (secondary N) is 1. The maximum absolute atomic E-state index is 6.50. The number of pyridine rings is 1. The first-order chi connectivity index (χ1) is 10.2. The van der Waals surface area contributed by atoms with Crippen LogP contribution in [0.4, 0.5) is 5.69 Å². The summed E-state index contributed by atoms with van der Waals surface area (Å²) in [6, 6.07) is 6.30. The summed E-state index contributed by atoms with van der Waals surface area (Å²) in [4.78, 5) is 7.29. The highest BCUT2D eigenvalue weighted by Crippen LogP contribution is 2.34. The van der Waals surface area contributed by atoms with Gasteiger partial charge in [-0.3, -0.25) is 4.98 Å². The molecule has 1 fully saturated rings. The number of hydrogen-bond donors (Lipinski definition) is 1. The van der Waals surface area contributed by atoms with Crippen molar-refractivity contribution in [1.29, 1.82) is 0 Å². The van der Waals surface area contributed by atoms with Gasteiger partial charge in [-0.25, -0.2) is 0 Å². The van der Waals surface area contributed by atoms with Gasteiger partial charge in [-0.15, -0.1) is 12.4 Å². The van der Waals surface area contributed by atoms with Gasteiger partial charge in [0.25, 0.3) is 0 Å². The molecule has 0 spiro atoms. The van der Waals surface area contributed by atoms with E-state index in [-0.39, 0.29) is 12.4 Å². The van der Waals surface area contributed by atoms with Gasteiger partial charge in [0.1, 0.15) is 0 Å². The highest BCUT2D eigenvalue weighted by atomic mass is 35.5. The molecule has 1 aromatic carbocycles. The quantitative estimate of drug-likeness (QED) is 0.916. The van der Waals surface area contributed by atoms with Crippen molar-refractivity contribution in [2.45, 2.75) is 26.7 Å². The van der Waals surface area contributed by atoms with E-state index in [9.17, 15) is 0 Å². The molecule has 1 aliphatic heterocycles. The summed E-state index contributed by atoms with van der Waals surface area (Å²) in [5, 5.41) is 5.32. The minimum absolute atomic E-state index is 0. The van der Waals surface area contributed by atoms with Crippen LogP contribution in [0.1, 0.15) is 24.6 Å². The molecule has 5 heteroatoms. The van der Waals surface area contributed by atoms with Gasteiger partial charge in [0.05, 0.1) is 10.5 Å². The van der Waals surface area contributed by atoms with Gasteiger partial charge in [0.2, 0.25) is 0 Å². The second-order valence-electron chi connectivity index (χ2n) is 5.71. The van der Waals surface area contributed by atoms with Crippen LogP contribution in [0.25, 0.3) is 10.9 Å². The number of rotatable bonds is 3. The number of fused-ring (bicyclic) bond motifs is 1. The highest BCUT2D eigenvalue weighted by molar-refractivity contribution is 6.36. The normalized spacial score (nSPS) is 15.0. The summed E-state index contributed by atoms with van der Waals surface area (Å²) < 4.78 is 0. The molecule has 0 aliphatic carbocycles. The number of aryl methyl sites for hydroxylation is 2. The number of hydrogen-bond acceptors (Lipinski definition) is 3. The van der Waals surface area contributed by atoms with Gasteiger partial charge >= 0.3 is 0 Å². The average molecular weight is 340 g/mol. The Labute approximate surface area is 143 Å². The third-order valence-electron chi connectivity index (χ3n) is 4.11. The molecule has 3 rings (SSSR count). The zero-order chi connectivity index (χ0) is 14.8. The SMILES string of the molecule is CCCc1cc(N2CCNCC2)c2c(Cl)ccc(C)c2n1.Cl. The summed E-state index contributed by atoms with van der Waals surface area (Å²) in [6.45, 7) is 8.40. The van der Waals surface area contributed by atoms with Crippen LogP contribution in [0.5, 0.6) is 0 Å². The average Bonchev–Trinajstić information content (AvgIpc) is 2.51. The number of nitrogens with zero attached hydrogens (tertiary/aromatic N) is 2. The Morgan fingerprint density at radius 2 is 2.00 bits per heavy atom. The van der Waals surface area contributed by atoms with Crippen LogP contribution < -0.4 is 10.2 Å². The zero-order valence-corrected chi connectivity index (χ0v) is 14.7. The molecule has 3 nitrogen and oxygen atoms in total. The molecule has 0 saturated carbocycles. The molecule has 1 aliphatic rings. The largest absolute Gasteiger partial charge is 0.368 e. The molecular weight excluding hydrogens is 317 g/mol. The van der Waals surface area contributed by atoms with E-state index in [0.29, 0.717) is 0 Å².